The summed E-state index contributed by atoms with van der Waals surface area (Å²) in [6.07, 6.45) is 3.15. The van der Waals surface area contributed by atoms with E-state index in [4.69, 9.17) is 5.26 Å². The van der Waals surface area contributed by atoms with Gasteiger partial charge < -0.3 is 10.6 Å². The summed E-state index contributed by atoms with van der Waals surface area (Å²) in [5.74, 6) is -0.456. The van der Waals surface area contributed by atoms with Crippen molar-refractivity contribution < 1.29 is 9.59 Å². The van der Waals surface area contributed by atoms with Crippen molar-refractivity contribution in [2.75, 3.05) is 12.4 Å². The van der Waals surface area contributed by atoms with E-state index in [2.05, 4.69) is 16.7 Å². The van der Waals surface area contributed by atoms with Gasteiger partial charge in [0.25, 0.3) is 0 Å². The van der Waals surface area contributed by atoms with E-state index in [0.717, 1.165) is 5.56 Å². The number of hydrogen-bond donors (Lipinski definition) is 2. The zero-order valence-corrected chi connectivity index (χ0v) is 13.2. The molecule has 2 N–H and O–H groups in total. The number of rotatable bonds is 5. The zero-order valence-electron chi connectivity index (χ0n) is 13.2. The second-order valence-electron chi connectivity index (χ2n) is 5.03. The van der Waals surface area contributed by atoms with Gasteiger partial charge in [-0.3, -0.25) is 9.59 Å². The first-order chi connectivity index (χ1) is 11.6. The van der Waals surface area contributed by atoms with Gasteiger partial charge in [0, 0.05) is 18.8 Å². The summed E-state index contributed by atoms with van der Waals surface area (Å²) in [4.78, 5) is 23.6. The molecule has 2 rings (SSSR count). The molecule has 120 valence electrons. The molecule has 0 unspecified atom stereocenters. The second kappa shape index (κ2) is 8.30. The average molecular weight is 319 g/mol. The molecule has 0 spiro atoms. The predicted molar refractivity (Wildman–Crippen MR) is 93.0 cm³/mol. The maximum atomic E-state index is 12.1. The van der Waals surface area contributed by atoms with Gasteiger partial charge in [-0.05, 0) is 29.3 Å². The van der Waals surface area contributed by atoms with E-state index < -0.39 is 0 Å². The molecule has 2 aromatic rings. The van der Waals surface area contributed by atoms with Crippen molar-refractivity contribution in [1.82, 2.24) is 5.32 Å². The number of hydrogen-bond acceptors (Lipinski definition) is 3. The third-order valence-electron chi connectivity index (χ3n) is 3.40. The van der Waals surface area contributed by atoms with Gasteiger partial charge in [0.15, 0.2) is 0 Å². The van der Waals surface area contributed by atoms with Crippen LogP contribution in [0.15, 0.2) is 54.6 Å². The van der Waals surface area contributed by atoms with Crippen LogP contribution in [0.4, 0.5) is 5.69 Å². The molecule has 0 saturated heterocycles. The van der Waals surface area contributed by atoms with Crippen LogP contribution >= 0.6 is 0 Å². The third-order valence-corrected chi connectivity index (χ3v) is 3.40. The Hall–Kier alpha value is -3.39. The van der Waals surface area contributed by atoms with Gasteiger partial charge in [-0.2, -0.15) is 5.26 Å². The molecule has 0 aliphatic heterocycles. The number of para-hydroxylation sites is 1. The molecule has 0 saturated carbocycles. The summed E-state index contributed by atoms with van der Waals surface area (Å²) in [6, 6.07) is 16.2. The van der Waals surface area contributed by atoms with Gasteiger partial charge in [-0.15, -0.1) is 0 Å². The van der Waals surface area contributed by atoms with Crippen molar-refractivity contribution in [3.63, 3.8) is 0 Å². The Balaban J connectivity index is 2.12. The number of benzene rings is 2. The summed E-state index contributed by atoms with van der Waals surface area (Å²) >= 11 is 0. The van der Waals surface area contributed by atoms with E-state index >= 15 is 0 Å². The molecule has 2 amide bonds. The lowest BCUT2D eigenvalue weighted by Crippen LogP contribution is -2.21. The Kier molecular flexibility index (Phi) is 5.87. The van der Waals surface area contributed by atoms with Crippen LogP contribution in [0.2, 0.25) is 0 Å². The van der Waals surface area contributed by atoms with Crippen molar-refractivity contribution in [2.45, 2.75) is 6.42 Å². The molecule has 0 radical (unpaired) electrons. The summed E-state index contributed by atoms with van der Waals surface area (Å²) in [7, 11) is 1.57. The maximum absolute atomic E-state index is 12.1. The lowest BCUT2D eigenvalue weighted by atomic mass is 10.1. The van der Waals surface area contributed by atoms with Crippen LogP contribution in [-0.2, 0) is 16.0 Å². The minimum absolute atomic E-state index is 0.129. The molecule has 5 nitrogen and oxygen atoms in total. The number of nitriles is 1. The fraction of sp³-hybridized carbons (Fsp3) is 0.105. The molecule has 0 heterocycles. The minimum atomic E-state index is -0.327. The Morgan fingerprint density at radius 3 is 2.58 bits per heavy atom. The molecular weight excluding hydrogens is 302 g/mol. The predicted octanol–water partition coefficient (Wildman–Crippen LogP) is 2.50. The number of carbonyl (C=O) groups is 2. The first-order valence-electron chi connectivity index (χ1n) is 7.40. The van der Waals surface area contributed by atoms with E-state index in [1.54, 1.807) is 55.6 Å². The van der Waals surface area contributed by atoms with E-state index in [-0.39, 0.29) is 18.2 Å². The molecule has 0 aromatic heterocycles. The molecule has 24 heavy (non-hydrogen) atoms. The van der Waals surface area contributed by atoms with Crippen LogP contribution in [0.1, 0.15) is 16.7 Å². The standard InChI is InChI=1S/C19H17N3O2/c1-21-19(24)12-15-7-4-5-9-17(15)22-18(23)11-10-14-6-2-3-8-16(14)13-20/h2-11H,12H2,1H3,(H,21,24)(H,22,23)/b11-10+. The van der Waals surface area contributed by atoms with E-state index in [1.807, 2.05) is 6.07 Å². The number of carbonyl (C=O) groups excluding carboxylic acids is 2. The van der Waals surface area contributed by atoms with Crippen LogP contribution in [0.5, 0.6) is 0 Å². The number of amides is 2. The normalized spacial score (nSPS) is 10.2. The van der Waals surface area contributed by atoms with E-state index in [1.165, 1.54) is 6.08 Å². The fourth-order valence-electron chi connectivity index (χ4n) is 2.14. The van der Waals surface area contributed by atoms with Crippen molar-refractivity contribution in [3.05, 3.63) is 71.3 Å². The van der Waals surface area contributed by atoms with Gasteiger partial charge >= 0.3 is 0 Å². The monoisotopic (exact) mass is 319 g/mol. The Labute approximate surface area is 140 Å². The molecule has 0 fully saturated rings. The highest BCUT2D eigenvalue weighted by atomic mass is 16.2. The van der Waals surface area contributed by atoms with Gasteiger partial charge in [0.2, 0.25) is 11.8 Å². The third kappa shape index (κ3) is 4.55. The molecular formula is C19H17N3O2. The summed E-state index contributed by atoms with van der Waals surface area (Å²) in [5, 5.41) is 14.4. The molecule has 0 bridgehead atoms. The van der Waals surface area contributed by atoms with Crippen LogP contribution in [0.3, 0.4) is 0 Å². The molecule has 0 aliphatic carbocycles. The van der Waals surface area contributed by atoms with Crippen LogP contribution in [-0.4, -0.2) is 18.9 Å². The van der Waals surface area contributed by atoms with Crippen LogP contribution in [0.25, 0.3) is 6.08 Å². The molecule has 2 aromatic carbocycles. The van der Waals surface area contributed by atoms with E-state index in [0.29, 0.717) is 16.8 Å². The van der Waals surface area contributed by atoms with Crippen molar-refractivity contribution in [2.24, 2.45) is 0 Å². The van der Waals surface area contributed by atoms with E-state index in [9.17, 15) is 9.59 Å². The Morgan fingerprint density at radius 1 is 1.12 bits per heavy atom. The molecule has 0 aliphatic rings. The SMILES string of the molecule is CNC(=O)Cc1ccccc1NC(=O)/C=C/c1ccccc1C#N. The van der Waals surface area contributed by atoms with Gasteiger partial charge in [-0.25, -0.2) is 0 Å². The average Bonchev–Trinajstić information content (AvgIpc) is 2.61. The van der Waals surface area contributed by atoms with Crippen molar-refractivity contribution in [3.8, 4) is 6.07 Å². The second-order valence-corrected chi connectivity index (χ2v) is 5.03. The lowest BCUT2D eigenvalue weighted by molar-refractivity contribution is -0.120. The maximum Gasteiger partial charge on any atom is 0.248 e. The first kappa shape index (κ1) is 17.0. The highest BCUT2D eigenvalue weighted by molar-refractivity contribution is 6.02. The van der Waals surface area contributed by atoms with Crippen LogP contribution in [0, 0.1) is 11.3 Å². The summed E-state index contributed by atoms with van der Waals surface area (Å²) in [5.41, 5.74) is 2.50. The number of nitrogens with one attached hydrogen (secondary N) is 2. The van der Waals surface area contributed by atoms with Gasteiger partial charge in [-0.1, -0.05) is 36.4 Å². The number of anilines is 1. The number of nitrogens with zero attached hydrogens (tertiary/aromatic N) is 1. The van der Waals surface area contributed by atoms with Gasteiger partial charge in [0.1, 0.15) is 0 Å². The van der Waals surface area contributed by atoms with Gasteiger partial charge in [0.05, 0.1) is 18.1 Å². The topological polar surface area (TPSA) is 82.0 Å². The van der Waals surface area contributed by atoms with Crippen molar-refractivity contribution in [1.29, 1.82) is 5.26 Å². The van der Waals surface area contributed by atoms with Crippen molar-refractivity contribution >= 4 is 23.6 Å². The first-order valence-corrected chi connectivity index (χ1v) is 7.40. The minimum Gasteiger partial charge on any atom is -0.359 e. The largest absolute Gasteiger partial charge is 0.359 e. The Morgan fingerprint density at radius 2 is 1.83 bits per heavy atom. The summed E-state index contributed by atoms with van der Waals surface area (Å²) in [6.45, 7) is 0. The number of likely N-dealkylation sites (N-methyl/N-ethyl adjacent to an activating group) is 1. The zero-order chi connectivity index (χ0) is 17.4. The highest BCUT2D eigenvalue weighted by Crippen LogP contribution is 2.16. The Bertz CT molecular complexity index is 819. The summed E-state index contributed by atoms with van der Waals surface area (Å²) < 4.78 is 0. The highest BCUT2D eigenvalue weighted by Gasteiger charge is 2.08. The quantitative estimate of drug-likeness (QED) is 0.831. The fourth-order valence-corrected chi connectivity index (χ4v) is 2.14. The lowest BCUT2D eigenvalue weighted by Gasteiger charge is -2.09. The van der Waals surface area contributed by atoms with Crippen LogP contribution < -0.4 is 10.6 Å². The molecule has 0 atom stereocenters. The smallest absolute Gasteiger partial charge is 0.248 e. The molecule has 5 heteroatoms.